The molecule has 1 aliphatic rings. The van der Waals surface area contributed by atoms with E-state index >= 15 is 0 Å². The van der Waals surface area contributed by atoms with Crippen LogP contribution in [-0.4, -0.2) is 69.5 Å². The van der Waals surface area contributed by atoms with Gasteiger partial charge in [0.05, 0.1) is 5.75 Å². The molecule has 7 heteroatoms. The summed E-state index contributed by atoms with van der Waals surface area (Å²) in [5.74, 6) is 1.30. The monoisotopic (exact) mass is 407 g/mol. The predicted octanol–water partition coefficient (Wildman–Crippen LogP) is 3.11. The first kappa shape index (κ1) is 19.7. The van der Waals surface area contributed by atoms with E-state index in [9.17, 15) is 4.79 Å². The van der Waals surface area contributed by atoms with E-state index in [2.05, 4.69) is 53.3 Å². The SMILES string of the molecule is Cc1ccc(-n2c(SCC(=O)N3CCN(C)CC3)nnc2-c2ccccc2)cc1. The smallest absolute Gasteiger partial charge is 0.233 e. The minimum absolute atomic E-state index is 0.155. The van der Waals surface area contributed by atoms with Gasteiger partial charge in [-0.05, 0) is 26.1 Å². The number of hydrogen-bond donors (Lipinski definition) is 0. The van der Waals surface area contributed by atoms with Crippen molar-refractivity contribution >= 4 is 17.7 Å². The van der Waals surface area contributed by atoms with Gasteiger partial charge in [-0.15, -0.1) is 10.2 Å². The van der Waals surface area contributed by atoms with Crippen LogP contribution in [0.3, 0.4) is 0 Å². The highest BCUT2D eigenvalue weighted by atomic mass is 32.2. The van der Waals surface area contributed by atoms with Gasteiger partial charge in [-0.3, -0.25) is 9.36 Å². The Kier molecular flexibility index (Phi) is 5.97. The van der Waals surface area contributed by atoms with Crippen molar-refractivity contribution in [3.63, 3.8) is 0 Å². The fourth-order valence-corrected chi connectivity index (χ4v) is 4.19. The van der Waals surface area contributed by atoms with E-state index in [4.69, 9.17) is 0 Å². The molecule has 0 bridgehead atoms. The summed E-state index contributed by atoms with van der Waals surface area (Å²) in [6, 6.07) is 18.3. The molecule has 1 aromatic heterocycles. The number of rotatable bonds is 5. The van der Waals surface area contributed by atoms with Crippen molar-refractivity contribution in [3.8, 4) is 17.1 Å². The van der Waals surface area contributed by atoms with Crippen LogP contribution in [0.25, 0.3) is 17.1 Å². The number of nitrogens with zero attached hydrogens (tertiary/aromatic N) is 5. The van der Waals surface area contributed by atoms with Crippen molar-refractivity contribution in [1.29, 1.82) is 0 Å². The molecule has 0 radical (unpaired) electrons. The summed E-state index contributed by atoms with van der Waals surface area (Å²) in [6.45, 7) is 5.49. The van der Waals surface area contributed by atoms with Gasteiger partial charge in [-0.1, -0.05) is 59.8 Å². The Labute approximate surface area is 175 Å². The normalized spacial score (nSPS) is 14.9. The molecule has 0 atom stereocenters. The van der Waals surface area contributed by atoms with Gasteiger partial charge in [0.25, 0.3) is 0 Å². The number of carbonyl (C=O) groups is 1. The molecule has 1 aliphatic heterocycles. The molecule has 0 aliphatic carbocycles. The van der Waals surface area contributed by atoms with Crippen LogP contribution in [0.1, 0.15) is 5.56 Å². The van der Waals surface area contributed by atoms with Crippen LogP contribution in [0.2, 0.25) is 0 Å². The van der Waals surface area contributed by atoms with Crippen molar-refractivity contribution in [3.05, 3.63) is 60.2 Å². The fraction of sp³-hybridized carbons (Fsp3) is 0.318. The standard InChI is InChI=1S/C22H25N5OS/c1-17-8-10-19(11-9-17)27-21(18-6-4-3-5-7-18)23-24-22(27)29-16-20(28)26-14-12-25(2)13-15-26/h3-11H,12-16H2,1-2H3. The number of carbonyl (C=O) groups excluding carboxylic acids is 1. The molecule has 3 aromatic rings. The molecule has 1 fully saturated rings. The highest BCUT2D eigenvalue weighted by Crippen LogP contribution is 2.28. The molecule has 2 aromatic carbocycles. The highest BCUT2D eigenvalue weighted by molar-refractivity contribution is 7.99. The first-order valence-corrected chi connectivity index (χ1v) is 10.8. The molecule has 4 rings (SSSR count). The van der Waals surface area contributed by atoms with Gasteiger partial charge < -0.3 is 9.80 Å². The summed E-state index contributed by atoms with van der Waals surface area (Å²) in [7, 11) is 2.09. The summed E-state index contributed by atoms with van der Waals surface area (Å²) in [5, 5.41) is 9.60. The van der Waals surface area contributed by atoms with E-state index in [-0.39, 0.29) is 5.91 Å². The third kappa shape index (κ3) is 4.52. The number of aryl methyl sites for hydroxylation is 1. The second-order valence-corrected chi connectivity index (χ2v) is 8.26. The lowest BCUT2D eigenvalue weighted by molar-refractivity contribution is -0.129. The van der Waals surface area contributed by atoms with Crippen LogP contribution in [0.4, 0.5) is 0 Å². The molecule has 6 nitrogen and oxygen atoms in total. The summed E-state index contributed by atoms with van der Waals surface area (Å²) in [4.78, 5) is 16.9. The molecule has 0 unspecified atom stereocenters. The molecule has 2 heterocycles. The van der Waals surface area contributed by atoms with E-state index in [0.29, 0.717) is 5.75 Å². The zero-order valence-electron chi connectivity index (χ0n) is 16.8. The van der Waals surface area contributed by atoms with Crippen LogP contribution >= 0.6 is 11.8 Å². The molecule has 29 heavy (non-hydrogen) atoms. The predicted molar refractivity (Wildman–Crippen MR) is 116 cm³/mol. The maximum absolute atomic E-state index is 12.7. The average molecular weight is 408 g/mol. The van der Waals surface area contributed by atoms with Crippen molar-refractivity contribution in [1.82, 2.24) is 24.6 Å². The van der Waals surface area contributed by atoms with Gasteiger partial charge >= 0.3 is 0 Å². The van der Waals surface area contributed by atoms with Crippen LogP contribution in [0.5, 0.6) is 0 Å². The zero-order valence-corrected chi connectivity index (χ0v) is 17.6. The number of benzene rings is 2. The summed E-state index contributed by atoms with van der Waals surface area (Å²) in [5.41, 5.74) is 3.19. The molecule has 150 valence electrons. The number of hydrogen-bond acceptors (Lipinski definition) is 5. The van der Waals surface area contributed by atoms with E-state index in [1.807, 2.05) is 39.8 Å². The second kappa shape index (κ2) is 8.80. The Balaban J connectivity index is 1.59. The molecular weight excluding hydrogens is 382 g/mol. The van der Waals surface area contributed by atoms with Gasteiger partial charge in [-0.2, -0.15) is 0 Å². The van der Waals surface area contributed by atoms with Gasteiger partial charge in [0.15, 0.2) is 11.0 Å². The van der Waals surface area contributed by atoms with E-state index in [1.165, 1.54) is 17.3 Å². The Morgan fingerprint density at radius 2 is 1.66 bits per heavy atom. The number of aromatic nitrogens is 3. The first-order chi connectivity index (χ1) is 14.1. The summed E-state index contributed by atoms with van der Waals surface area (Å²) in [6.07, 6.45) is 0. The van der Waals surface area contributed by atoms with E-state index in [0.717, 1.165) is 48.4 Å². The Hall–Kier alpha value is -2.64. The third-order valence-electron chi connectivity index (χ3n) is 5.14. The fourth-order valence-electron chi connectivity index (χ4n) is 3.34. The van der Waals surface area contributed by atoms with Crippen molar-refractivity contribution in [2.45, 2.75) is 12.1 Å². The third-order valence-corrected chi connectivity index (χ3v) is 6.05. The second-order valence-electron chi connectivity index (χ2n) is 7.32. The number of thioether (sulfide) groups is 1. The van der Waals surface area contributed by atoms with Gasteiger partial charge in [0.2, 0.25) is 5.91 Å². The van der Waals surface area contributed by atoms with Crippen molar-refractivity contribution < 1.29 is 4.79 Å². The number of amides is 1. The molecule has 1 saturated heterocycles. The van der Waals surface area contributed by atoms with E-state index < -0.39 is 0 Å². The minimum Gasteiger partial charge on any atom is -0.339 e. The lowest BCUT2D eigenvalue weighted by Gasteiger charge is -2.32. The van der Waals surface area contributed by atoms with Gasteiger partial charge in [0.1, 0.15) is 0 Å². The van der Waals surface area contributed by atoms with Crippen molar-refractivity contribution in [2.24, 2.45) is 0 Å². The van der Waals surface area contributed by atoms with Crippen LogP contribution < -0.4 is 0 Å². The van der Waals surface area contributed by atoms with Crippen LogP contribution in [-0.2, 0) is 4.79 Å². The Bertz CT molecular complexity index is 963. The average Bonchev–Trinajstić information content (AvgIpc) is 3.17. The Morgan fingerprint density at radius 3 is 2.34 bits per heavy atom. The lowest BCUT2D eigenvalue weighted by atomic mass is 10.2. The number of piperazine rings is 1. The summed E-state index contributed by atoms with van der Waals surface area (Å²) < 4.78 is 2.04. The first-order valence-electron chi connectivity index (χ1n) is 9.79. The highest BCUT2D eigenvalue weighted by Gasteiger charge is 2.21. The molecular formula is C22H25N5OS. The van der Waals surface area contributed by atoms with Crippen LogP contribution in [0, 0.1) is 6.92 Å². The zero-order chi connectivity index (χ0) is 20.2. The summed E-state index contributed by atoms with van der Waals surface area (Å²) >= 11 is 1.45. The maximum Gasteiger partial charge on any atom is 0.233 e. The number of likely N-dealkylation sites (N-methyl/N-ethyl adjacent to an activating group) is 1. The minimum atomic E-state index is 0.155. The topological polar surface area (TPSA) is 54.3 Å². The lowest BCUT2D eigenvalue weighted by Crippen LogP contribution is -2.47. The van der Waals surface area contributed by atoms with Crippen LogP contribution in [0.15, 0.2) is 59.8 Å². The maximum atomic E-state index is 12.7. The molecule has 0 N–H and O–H groups in total. The van der Waals surface area contributed by atoms with Crippen molar-refractivity contribution in [2.75, 3.05) is 39.0 Å². The quantitative estimate of drug-likeness (QED) is 0.609. The molecule has 0 saturated carbocycles. The van der Waals surface area contributed by atoms with E-state index in [1.54, 1.807) is 0 Å². The van der Waals surface area contributed by atoms with Gasteiger partial charge in [0, 0.05) is 37.4 Å². The molecule has 0 spiro atoms. The van der Waals surface area contributed by atoms with Gasteiger partial charge in [-0.25, -0.2) is 0 Å². The molecule has 1 amide bonds. The Morgan fingerprint density at radius 1 is 0.966 bits per heavy atom. The largest absolute Gasteiger partial charge is 0.339 e.